The van der Waals surface area contributed by atoms with Gasteiger partial charge in [0.15, 0.2) is 0 Å². The van der Waals surface area contributed by atoms with Gasteiger partial charge in [-0.05, 0) is 38.1 Å². The maximum atomic E-state index is 9.44. The molecule has 4 aromatic heterocycles. The number of rotatable bonds is 0. The third-order valence-corrected chi connectivity index (χ3v) is 8.27. The molecule has 0 radical (unpaired) electrons. The SMILES string of the molecule is CC(C)=O.Cn1c2ccc1c1ccccc1c1cc3c4cc(c5ccccc52)n(C)c4c2ccccc2c3n1C. The maximum absolute atomic E-state index is 9.44. The van der Waals surface area contributed by atoms with Gasteiger partial charge in [-0.2, -0.15) is 0 Å². The summed E-state index contributed by atoms with van der Waals surface area (Å²) in [5.41, 5.74) is 7.51. The molecule has 0 saturated carbocycles. The van der Waals surface area contributed by atoms with Crippen LogP contribution >= 0.6 is 0 Å². The summed E-state index contributed by atoms with van der Waals surface area (Å²) in [6.45, 7) is 3.06. The Balaban J connectivity index is 0.000000623. The van der Waals surface area contributed by atoms with Crippen LogP contribution in [0.4, 0.5) is 0 Å². The van der Waals surface area contributed by atoms with Crippen LogP contribution < -0.4 is 0 Å². The third-order valence-electron chi connectivity index (χ3n) is 8.27. The van der Waals surface area contributed by atoms with Crippen molar-refractivity contribution in [2.45, 2.75) is 13.8 Å². The normalized spacial score (nSPS) is 11.7. The number of fused-ring (bicyclic) bond motifs is 13. The highest BCUT2D eigenvalue weighted by Gasteiger charge is 2.18. The van der Waals surface area contributed by atoms with Gasteiger partial charge in [-0.1, -0.05) is 72.8 Å². The van der Waals surface area contributed by atoms with Gasteiger partial charge in [0.2, 0.25) is 0 Å². The summed E-state index contributed by atoms with van der Waals surface area (Å²) in [5, 5.41) is 10.2. The van der Waals surface area contributed by atoms with E-state index in [1.54, 1.807) is 0 Å². The highest BCUT2D eigenvalue weighted by molar-refractivity contribution is 6.28. The number of aryl methyl sites for hydroxylation is 3. The zero-order valence-electron chi connectivity index (χ0n) is 23.5. The lowest BCUT2D eigenvalue weighted by molar-refractivity contribution is -0.114. The van der Waals surface area contributed by atoms with E-state index in [-0.39, 0.29) is 5.78 Å². The van der Waals surface area contributed by atoms with E-state index in [0.717, 1.165) is 0 Å². The van der Waals surface area contributed by atoms with Gasteiger partial charge in [0, 0.05) is 86.3 Å². The van der Waals surface area contributed by atoms with Crippen molar-refractivity contribution in [3.8, 4) is 0 Å². The highest BCUT2D eigenvalue weighted by atomic mass is 16.1. The van der Waals surface area contributed by atoms with Crippen LogP contribution in [0.5, 0.6) is 0 Å². The average molecular weight is 522 g/mol. The van der Waals surface area contributed by atoms with Crippen molar-refractivity contribution in [1.29, 1.82) is 0 Å². The summed E-state index contributed by atoms with van der Waals surface area (Å²) in [4.78, 5) is 9.44. The minimum Gasteiger partial charge on any atom is -0.344 e. The molecule has 4 nitrogen and oxygen atoms in total. The van der Waals surface area contributed by atoms with Crippen LogP contribution in [-0.2, 0) is 25.9 Å². The molecule has 40 heavy (non-hydrogen) atoms. The fourth-order valence-electron chi connectivity index (χ4n) is 6.59. The number of hydrogen-bond acceptors (Lipinski definition) is 1. The number of Topliss-reactive ketones (excluding diaryl/α,β-unsaturated/α-hetero) is 1. The first kappa shape index (κ1) is 24.2. The Hall–Kier alpha value is -4.83. The zero-order chi connectivity index (χ0) is 27.7. The molecule has 8 rings (SSSR count). The van der Waals surface area contributed by atoms with Gasteiger partial charge in [-0.3, -0.25) is 0 Å². The van der Waals surface area contributed by atoms with E-state index in [9.17, 15) is 4.79 Å². The lowest BCUT2D eigenvalue weighted by Crippen LogP contribution is -1.92. The smallest absolute Gasteiger partial charge is 0.126 e. The number of carbonyl (C=O) groups is 1. The second-order valence-electron chi connectivity index (χ2n) is 10.9. The molecule has 0 amide bonds. The Bertz CT molecular complexity index is 2180. The molecule has 0 unspecified atom stereocenters. The van der Waals surface area contributed by atoms with E-state index in [0.29, 0.717) is 0 Å². The fraction of sp³-hybridized carbons (Fsp3) is 0.139. The van der Waals surface area contributed by atoms with Crippen molar-refractivity contribution in [3.05, 3.63) is 97.1 Å². The van der Waals surface area contributed by atoms with Crippen molar-refractivity contribution in [2.24, 2.45) is 21.1 Å². The fourth-order valence-corrected chi connectivity index (χ4v) is 6.59. The van der Waals surface area contributed by atoms with E-state index >= 15 is 0 Å². The van der Waals surface area contributed by atoms with Crippen molar-refractivity contribution < 1.29 is 4.79 Å². The van der Waals surface area contributed by atoms with Gasteiger partial charge in [-0.25, -0.2) is 0 Å². The van der Waals surface area contributed by atoms with Gasteiger partial charge in [0.1, 0.15) is 5.78 Å². The van der Waals surface area contributed by atoms with E-state index < -0.39 is 0 Å². The number of carbonyl (C=O) groups excluding carboxylic acids is 1. The molecule has 0 atom stereocenters. The standard InChI is InChI=1S/C33H25N3.C3H6O/c1-34-28-16-17-29(34)21-11-5-7-13-23(21)31-19-27-26-18-30(22-12-6-4-10-20(22)28)35(2)32(26)24-14-8-9-15-25(24)33(27)36(31)3;1-3(2)4/h4-19H,1-3H3;1-2H3. The van der Waals surface area contributed by atoms with Crippen LogP contribution in [0.1, 0.15) is 13.8 Å². The predicted octanol–water partition coefficient (Wildman–Crippen LogP) is 8.93. The largest absolute Gasteiger partial charge is 0.344 e. The van der Waals surface area contributed by atoms with Gasteiger partial charge in [-0.15, -0.1) is 0 Å². The molecular formula is C36H31N3O. The summed E-state index contributed by atoms with van der Waals surface area (Å²) in [6.07, 6.45) is 0. The molecule has 0 N–H and O–H groups in total. The van der Waals surface area contributed by atoms with Crippen LogP contribution in [0.2, 0.25) is 0 Å². The topological polar surface area (TPSA) is 31.9 Å². The van der Waals surface area contributed by atoms with Crippen LogP contribution in [0.25, 0.3) is 76.2 Å². The summed E-state index contributed by atoms with van der Waals surface area (Å²) in [5.74, 6) is 0.167. The minimum atomic E-state index is 0.167. The number of benzene rings is 4. The van der Waals surface area contributed by atoms with Gasteiger partial charge in [0.05, 0.1) is 11.0 Å². The first-order valence-electron chi connectivity index (χ1n) is 13.7. The molecular weight excluding hydrogens is 490 g/mol. The van der Waals surface area contributed by atoms with Gasteiger partial charge >= 0.3 is 0 Å². The highest BCUT2D eigenvalue weighted by Crippen LogP contribution is 2.41. The quantitative estimate of drug-likeness (QED) is 0.196. The van der Waals surface area contributed by atoms with Crippen LogP contribution in [0, 0.1) is 0 Å². The lowest BCUT2D eigenvalue weighted by atomic mass is 10.0. The van der Waals surface area contributed by atoms with Crippen molar-refractivity contribution >= 4 is 82.0 Å². The molecule has 0 fully saturated rings. The summed E-state index contributed by atoms with van der Waals surface area (Å²) < 4.78 is 7.14. The van der Waals surface area contributed by atoms with Crippen molar-refractivity contribution in [2.75, 3.05) is 0 Å². The van der Waals surface area contributed by atoms with Gasteiger partial charge < -0.3 is 18.5 Å². The average Bonchev–Trinajstić information content (AvgIpc) is 3.61. The summed E-state index contributed by atoms with van der Waals surface area (Å²) in [6, 6.07) is 35.9. The summed E-state index contributed by atoms with van der Waals surface area (Å²) in [7, 11) is 6.62. The predicted molar refractivity (Wildman–Crippen MR) is 171 cm³/mol. The zero-order valence-corrected chi connectivity index (χ0v) is 23.5. The van der Waals surface area contributed by atoms with Gasteiger partial charge in [0.25, 0.3) is 0 Å². The third kappa shape index (κ3) is 3.35. The number of aromatic nitrogens is 3. The van der Waals surface area contributed by atoms with E-state index in [2.05, 4.69) is 132 Å². The van der Waals surface area contributed by atoms with E-state index in [4.69, 9.17) is 0 Å². The monoisotopic (exact) mass is 521 g/mol. The molecule has 4 heteroatoms. The molecule has 6 bridgehead atoms. The van der Waals surface area contributed by atoms with Crippen LogP contribution in [0.3, 0.4) is 0 Å². The van der Waals surface area contributed by atoms with Crippen molar-refractivity contribution in [1.82, 2.24) is 13.7 Å². The second kappa shape index (κ2) is 8.85. The first-order chi connectivity index (χ1) is 19.4. The number of ketones is 1. The lowest BCUT2D eigenvalue weighted by Gasteiger charge is -2.08. The van der Waals surface area contributed by atoms with Crippen LogP contribution in [0.15, 0.2) is 97.1 Å². The first-order valence-corrected chi connectivity index (χ1v) is 13.7. The molecule has 8 aromatic rings. The molecule has 4 aromatic carbocycles. The van der Waals surface area contributed by atoms with E-state index in [1.165, 1.54) is 90.0 Å². The Morgan fingerprint density at radius 2 is 0.725 bits per heavy atom. The molecule has 0 saturated heterocycles. The molecule has 0 aliphatic heterocycles. The molecule has 0 aliphatic carbocycles. The Morgan fingerprint density at radius 1 is 0.425 bits per heavy atom. The maximum Gasteiger partial charge on any atom is 0.126 e. The van der Waals surface area contributed by atoms with E-state index in [1.807, 2.05) is 0 Å². The molecule has 0 spiro atoms. The Morgan fingerprint density at radius 3 is 1.07 bits per heavy atom. The number of hydrogen-bond donors (Lipinski definition) is 0. The molecule has 4 heterocycles. The van der Waals surface area contributed by atoms with Crippen molar-refractivity contribution in [3.63, 3.8) is 0 Å². The summed E-state index contributed by atoms with van der Waals surface area (Å²) >= 11 is 0. The Labute approximate surface area is 232 Å². The Kier molecular flexibility index (Phi) is 5.36. The number of nitrogens with zero attached hydrogens (tertiary/aromatic N) is 3. The molecule has 0 aliphatic rings. The second-order valence-corrected chi connectivity index (χ2v) is 10.9. The molecule has 196 valence electrons. The minimum absolute atomic E-state index is 0.167. The van der Waals surface area contributed by atoms with Crippen LogP contribution in [-0.4, -0.2) is 19.5 Å².